The number of guanidine groups is 1. The van der Waals surface area contributed by atoms with Gasteiger partial charge in [0.05, 0.1) is 6.54 Å². The van der Waals surface area contributed by atoms with Gasteiger partial charge >= 0.3 is 0 Å². The average molecular weight is 307 g/mol. The van der Waals surface area contributed by atoms with E-state index >= 15 is 0 Å². The number of hydrogen-bond acceptors (Lipinski definition) is 5. The molecule has 114 valence electrons. The average Bonchev–Trinajstić information content (AvgIpc) is 3.10. The van der Waals surface area contributed by atoms with Crippen LogP contribution in [0.3, 0.4) is 0 Å². The Morgan fingerprint density at radius 2 is 2.10 bits per heavy atom. The maximum atomic E-state index is 4.93. The Morgan fingerprint density at radius 3 is 2.71 bits per heavy atom. The number of rotatable bonds is 6. The molecule has 0 bridgehead atoms. The fourth-order valence-corrected chi connectivity index (χ4v) is 2.67. The van der Waals surface area contributed by atoms with Crippen LogP contribution in [0.5, 0.6) is 0 Å². The van der Waals surface area contributed by atoms with Gasteiger partial charge in [0.2, 0.25) is 5.89 Å². The van der Waals surface area contributed by atoms with E-state index in [9.17, 15) is 0 Å². The van der Waals surface area contributed by atoms with Crippen molar-refractivity contribution in [1.29, 1.82) is 0 Å². The van der Waals surface area contributed by atoms with Gasteiger partial charge < -0.3 is 15.2 Å². The molecule has 2 aromatic rings. The predicted octanol–water partition coefficient (Wildman–Crippen LogP) is 2.26. The van der Waals surface area contributed by atoms with Crippen LogP contribution in [-0.2, 0) is 19.5 Å². The zero-order valence-electron chi connectivity index (χ0n) is 12.6. The quantitative estimate of drug-likeness (QED) is 0.632. The van der Waals surface area contributed by atoms with Gasteiger partial charge in [-0.3, -0.25) is 0 Å². The first kappa shape index (κ1) is 15.5. The van der Waals surface area contributed by atoms with E-state index in [4.69, 9.17) is 4.52 Å². The normalized spacial score (nSPS) is 11.7. The van der Waals surface area contributed by atoms with Crippen molar-refractivity contribution >= 4 is 17.3 Å². The van der Waals surface area contributed by atoms with Gasteiger partial charge in [-0.25, -0.2) is 4.99 Å². The molecule has 0 radical (unpaired) electrons. The molecule has 0 saturated heterocycles. The molecule has 21 heavy (non-hydrogen) atoms. The molecule has 0 aliphatic heterocycles. The fraction of sp³-hybridized carbons (Fsp3) is 0.500. The second-order valence-electron chi connectivity index (χ2n) is 4.50. The number of hydrogen-bond donors (Lipinski definition) is 2. The van der Waals surface area contributed by atoms with Crippen LogP contribution in [0, 0.1) is 6.92 Å². The first-order valence-corrected chi connectivity index (χ1v) is 7.91. The molecule has 0 fully saturated rings. The van der Waals surface area contributed by atoms with E-state index in [0.717, 1.165) is 25.5 Å². The maximum Gasteiger partial charge on any atom is 0.223 e. The van der Waals surface area contributed by atoms with E-state index in [1.54, 1.807) is 6.92 Å². The Kier molecular flexibility index (Phi) is 5.74. The molecular weight excluding hydrogens is 286 g/mol. The molecule has 0 aliphatic carbocycles. The summed E-state index contributed by atoms with van der Waals surface area (Å²) >= 11 is 1.83. The van der Waals surface area contributed by atoms with Gasteiger partial charge in [-0.2, -0.15) is 4.98 Å². The first-order chi connectivity index (χ1) is 10.2. The molecular formula is C14H21N5OS. The van der Waals surface area contributed by atoms with Crippen molar-refractivity contribution < 1.29 is 4.52 Å². The van der Waals surface area contributed by atoms with E-state index in [1.165, 1.54) is 9.75 Å². The molecule has 2 N–H and O–H groups in total. The summed E-state index contributed by atoms with van der Waals surface area (Å²) in [6.45, 7) is 7.95. The molecule has 0 saturated carbocycles. The molecule has 0 aliphatic rings. The van der Waals surface area contributed by atoms with Crippen molar-refractivity contribution in [3.8, 4) is 0 Å². The lowest BCUT2D eigenvalue weighted by Gasteiger charge is -2.09. The first-order valence-electron chi connectivity index (χ1n) is 7.10. The summed E-state index contributed by atoms with van der Waals surface area (Å²) in [5.74, 6) is 1.91. The smallest absolute Gasteiger partial charge is 0.223 e. The second kappa shape index (κ2) is 7.78. The number of nitrogens with one attached hydrogen (secondary N) is 2. The summed E-state index contributed by atoms with van der Waals surface area (Å²) < 4.78 is 4.93. The molecule has 7 heteroatoms. The minimum Gasteiger partial charge on any atom is -0.357 e. The zero-order valence-corrected chi connectivity index (χ0v) is 13.5. The van der Waals surface area contributed by atoms with E-state index in [1.807, 2.05) is 18.3 Å². The lowest BCUT2D eigenvalue weighted by molar-refractivity contribution is 0.387. The Bertz CT molecular complexity index is 590. The lowest BCUT2D eigenvalue weighted by atomic mass is 10.4. The predicted molar refractivity (Wildman–Crippen MR) is 84.4 cm³/mol. The number of aryl methyl sites for hydroxylation is 2. The van der Waals surface area contributed by atoms with Crippen molar-refractivity contribution in [3.05, 3.63) is 33.6 Å². The monoisotopic (exact) mass is 307 g/mol. The molecule has 6 nitrogen and oxygen atoms in total. The van der Waals surface area contributed by atoms with E-state index in [0.29, 0.717) is 18.3 Å². The highest BCUT2D eigenvalue weighted by atomic mass is 32.1. The number of nitrogens with zero attached hydrogens (tertiary/aromatic N) is 3. The summed E-state index contributed by atoms with van der Waals surface area (Å²) in [6, 6.07) is 4.33. The molecule has 0 amide bonds. The van der Waals surface area contributed by atoms with Crippen molar-refractivity contribution in [2.75, 3.05) is 6.54 Å². The van der Waals surface area contributed by atoms with Crippen LogP contribution < -0.4 is 10.6 Å². The van der Waals surface area contributed by atoms with Crippen molar-refractivity contribution in [1.82, 2.24) is 20.8 Å². The minimum atomic E-state index is 0.400. The summed E-state index contributed by atoms with van der Waals surface area (Å²) in [4.78, 5) is 11.3. The largest absolute Gasteiger partial charge is 0.357 e. The van der Waals surface area contributed by atoms with Crippen molar-refractivity contribution in [2.24, 2.45) is 4.99 Å². The number of aromatic nitrogens is 2. The molecule has 0 aromatic carbocycles. The molecule has 2 heterocycles. The third-order valence-electron chi connectivity index (χ3n) is 2.79. The highest BCUT2D eigenvalue weighted by molar-refractivity contribution is 7.11. The number of thiophene rings is 1. The van der Waals surface area contributed by atoms with Gasteiger partial charge in [0.1, 0.15) is 6.54 Å². The molecule has 2 aromatic heterocycles. The number of aliphatic imine (C=N–C) groups is 1. The third-order valence-corrected chi connectivity index (χ3v) is 4.02. The summed E-state index contributed by atoms with van der Waals surface area (Å²) in [7, 11) is 0. The fourth-order valence-electron chi connectivity index (χ4n) is 1.78. The Morgan fingerprint density at radius 1 is 1.29 bits per heavy atom. The van der Waals surface area contributed by atoms with Crippen molar-refractivity contribution in [2.45, 2.75) is 40.3 Å². The van der Waals surface area contributed by atoms with Crippen LogP contribution in [0.4, 0.5) is 0 Å². The third kappa shape index (κ3) is 4.86. The molecule has 0 spiro atoms. The van der Waals surface area contributed by atoms with Crippen LogP contribution >= 0.6 is 11.3 Å². The van der Waals surface area contributed by atoms with Gasteiger partial charge in [-0.15, -0.1) is 11.3 Å². The van der Waals surface area contributed by atoms with Crippen LogP contribution in [-0.4, -0.2) is 22.6 Å². The summed E-state index contributed by atoms with van der Waals surface area (Å²) in [6.07, 6.45) is 1.08. The van der Waals surface area contributed by atoms with Crippen LogP contribution in [0.25, 0.3) is 0 Å². The summed E-state index contributed by atoms with van der Waals surface area (Å²) in [5, 5.41) is 10.4. The summed E-state index contributed by atoms with van der Waals surface area (Å²) in [5.41, 5.74) is 0. The minimum absolute atomic E-state index is 0.400. The standard InChI is InChI=1S/C14H21N5OS/c1-4-11-6-7-12(21-11)8-16-14(15-5-2)17-9-13-18-10(3)20-19-13/h6-7H,4-5,8-9H2,1-3H3,(H2,15,16,17). The van der Waals surface area contributed by atoms with Gasteiger partial charge in [0.25, 0.3) is 0 Å². The van der Waals surface area contributed by atoms with Gasteiger partial charge in [0.15, 0.2) is 11.8 Å². The second-order valence-corrected chi connectivity index (χ2v) is 5.75. The zero-order chi connectivity index (χ0) is 15.1. The maximum absolute atomic E-state index is 4.93. The Balaban J connectivity index is 1.91. The molecule has 0 atom stereocenters. The Hall–Kier alpha value is -1.89. The van der Waals surface area contributed by atoms with Crippen LogP contribution in [0.1, 0.15) is 35.3 Å². The van der Waals surface area contributed by atoms with Gasteiger partial charge in [0, 0.05) is 23.2 Å². The van der Waals surface area contributed by atoms with E-state index < -0.39 is 0 Å². The SMILES string of the molecule is CCNC(=NCc1noc(C)n1)NCc1ccc(CC)s1. The van der Waals surface area contributed by atoms with Gasteiger partial charge in [-0.1, -0.05) is 12.1 Å². The molecule has 0 unspecified atom stereocenters. The van der Waals surface area contributed by atoms with Crippen LogP contribution in [0.15, 0.2) is 21.6 Å². The lowest BCUT2D eigenvalue weighted by Crippen LogP contribution is -2.36. The van der Waals surface area contributed by atoms with E-state index in [2.05, 4.69) is 44.8 Å². The molecule has 2 rings (SSSR count). The highest BCUT2D eigenvalue weighted by Crippen LogP contribution is 2.16. The van der Waals surface area contributed by atoms with Crippen LogP contribution in [0.2, 0.25) is 0 Å². The van der Waals surface area contributed by atoms with Gasteiger partial charge in [-0.05, 0) is 25.5 Å². The Labute approximate surface area is 128 Å². The highest BCUT2D eigenvalue weighted by Gasteiger charge is 2.04. The topological polar surface area (TPSA) is 75.3 Å². The van der Waals surface area contributed by atoms with E-state index in [-0.39, 0.29) is 0 Å². The van der Waals surface area contributed by atoms with Crippen molar-refractivity contribution in [3.63, 3.8) is 0 Å².